The molecule has 156 valence electrons. The monoisotopic (exact) mass is 429 g/mol. The molecule has 0 aliphatic carbocycles. The molecule has 4 rings (SSSR count). The standard InChI is InChI=1S/C25H23N3O2S/c1-18-8-11-22(12-9-18)30-16-21-14-19(10-13-24(21)29-2)15-26-28-25-27-23(17-31-25)20-6-4-3-5-7-20/h3-15,17H,16H2,1-2H3,(H,27,28). The number of benzene rings is 3. The van der Waals surface area contributed by atoms with Crippen LogP contribution < -0.4 is 14.9 Å². The molecule has 5 nitrogen and oxygen atoms in total. The predicted molar refractivity (Wildman–Crippen MR) is 127 cm³/mol. The second-order valence-corrected chi connectivity index (χ2v) is 7.81. The van der Waals surface area contributed by atoms with Crippen molar-refractivity contribution in [2.45, 2.75) is 13.5 Å². The normalized spacial score (nSPS) is 10.9. The smallest absolute Gasteiger partial charge is 0.203 e. The summed E-state index contributed by atoms with van der Waals surface area (Å²) in [6.07, 6.45) is 1.76. The molecule has 0 aliphatic rings. The Bertz CT molecular complexity index is 1160. The van der Waals surface area contributed by atoms with Crippen LogP contribution in [0.2, 0.25) is 0 Å². The van der Waals surface area contributed by atoms with Gasteiger partial charge in [0.15, 0.2) is 0 Å². The number of aryl methyl sites for hydroxylation is 1. The van der Waals surface area contributed by atoms with Crippen molar-refractivity contribution in [2.75, 3.05) is 12.5 Å². The van der Waals surface area contributed by atoms with Crippen LogP contribution in [-0.4, -0.2) is 18.3 Å². The molecule has 1 aromatic heterocycles. The number of nitrogens with zero attached hydrogens (tertiary/aromatic N) is 2. The van der Waals surface area contributed by atoms with Crippen LogP contribution in [0.4, 0.5) is 5.13 Å². The van der Waals surface area contributed by atoms with Crippen LogP contribution in [0.1, 0.15) is 16.7 Å². The van der Waals surface area contributed by atoms with E-state index in [1.54, 1.807) is 13.3 Å². The fraction of sp³-hybridized carbons (Fsp3) is 0.120. The summed E-state index contributed by atoms with van der Waals surface area (Å²) in [4.78, 5) is 4.58. The van der Waals surface area contributed by atoms with Gasteiger partial charge in [0.25, 0.3) is 0 Å². The molecule has 0 saturated carbocycles. The van der Waals surface area contributed by atoms with Crippen LogP contribution in [0, 0.1) is 6.92 Å². The molecule has 0 fully saturated rings. The lowest BCUT2D eigenvalue weighted by molar-refractivity contribution is 0.296. The molecule has 0 saturated heterocycles. The van der Waals surface area contributed by atoms with Gasteiger partial charge >= 0.3 is 0 Å². The van der Waals surface area contributed by atoms with Gasteiger partial charge in [-0.3, -0.25) is 5.43 Å². The van der Waals surface area contributed by atoms with Gasteiger partial charge in [-0.05, 0) is 42.8 Å². The number of anilines is 1. The SMILES string of the molecule is COc1ccc(C=NNc2nc(-c3ccccc3)cs2)cc1COc1ccc(C)cc1. The topological polar surface area (TPSA) is 55.7 Å². The fourth-order valence-electron chi connectivity index (χ4n) is 3.02. The summed E-state index contributed by atoms with van der Waals surface area (Å²) in [6.45, 7) is 2.46. The van der Waals surface area contributed by atoms with Gasteiger partial charge in [0.05, 0.1) is 19.0 Å². The van der Waals surface area contributed by atoms with Crippen LogP contribution in [-0.2, 0) is 6.61 Å². The zero-order valence-electron chi connectivity index (χ0n) is 17.4. The molecule has 1 heterocycles. The molecular formula is C25H23N3O2S. The number of aromatic nitrogens is 1. The summed E-state index contributed by atoms with van der Waals surface area (Å²) in [5.41, 5.74) is 8.12. The Labute approximate surface area is 186 Å². The van der Waals surface area contributed by atoms with Gasteiger partial charge in [-0.1, -0.05) is 48.0 Å². The van der Waals surface area contributed by atoms with E-state index in [1.165, 1.54) is 16.9 Å². The van der Waals surface area contributed by atoms with Crippen LogP contribution in [0.5, 0.6) is 11.5 Å². The first-order valence-electron chi connectivity index (χ1n) is 9.88. The van der Waals surface area contributed by atoms with E-state index in [2.05, 4.69) is 22.4 Å². The highest BCUT2D eigenvalue weighted by Crippen LogP contribution is 2.25. The number of hydrogen-bond donors (Lipinski definition) is 1. The minimum Gasteiger partial charge on any atom is -0.496 e. The van der Waals surface area contributed by atoms with Gasteiger partial charge in [0, 0.05) is 16.5 Å². The quantitative estimate of drug-likeness (QED) is 0.269. The molecule has 4 aromatic rings. The van der Waals surface area contributed by atoms with Crippen molar-refractivity contribution in [3.63, 3.8) is 0 Å². The van der Waals surface area contributed by atoms with Crippen molar-refractivity contribution < 1.29 is 9.47 Å². The summed E-state index contributed by atoms with van der Waals surface area (Å²) in [6, 6.07) is 24.0. The Balaban J connectivity index is 1.41. The number of nitrogens with one attached hydrogen (secondary N) is 1. The molecule has 0 bridgehead atoms. The Morgan fingerprint density at radius 3 is 2.61 bits per heavy atom. The van der Waals surface area contributed by atoms with Gasteiger partial charge in [-0.2, -0.15) is 5.10 Å². The molecule has 6 heteroatoms. The summed E-state index contributed by atoms with van der Waals surface area (Å²) >= 11 is 1.52. The van der Waals surface area contributed by atoms with Crippen LogP contribution in [0.25, 0.3) is 11.3 Å². The highest BCUT2D eigenvalue weighted by Gasteiger charge is 2.06. The lowest BCUT2D eigenvalue weighted by atomic mass is 10.1. The van der Waals surface area contributed by atoms with E-state index in [9.17, 15) is 0 Å². The number of methoxy groups -OCH3 is 1. The maximum absolute atomic E-state index is 5.91. The maximum atomic E-state index is 5.91. The maximum Gasteiger partial charge on any atom is 0.203 e. The van der Waals surface area contributed by atoms with Crippen LogP contribution >= 0.6 is 11.3 Å². The lowest BCUT2D eigenvalue weighted by Gasteiger charge is -2.11. The molecule has 0 radical (unpaired) electrons. The van der Waals surface area contributed by atoms with E-state index in [0.717, 1.165) is 39.0 Å². The van der Waals surface area contributed by atoms with Crippen molar-refractivity contribution in [1.29, 1.82) is 0 Å². The summed E-state index contributed by atoms with van der Waals surface area (Å²) in [5, 5.41) is 7.09. The van der Waals surface area contributed by atoms with Crippen molar-refractivity contribution in [1.82, 2.24) is 4.98 Å². The van der Waals surface area contributed by atoms with Crippen LogP contribution in [0.15, 0.2) is 83.3 Å². The summed E-state index contributed by atoms with van der Waals surface area (Å²) in [5.74, 6) is 1.61. The summed E-state index contributed by atoms with van der Waals surface area (Å²) < 4.78 is 11.4. The number of ether oxygens (including phenoxy) is 2. The lowest BCUT2D eigenvalue weighted by Crippen LogP contribution is -2.00. The Kier molecular flexibility index (Phi) is 6.59. The Hall–Kier alpha value is -3.64. The zero-order chi connectivity index (χ0) is 21.5. The molecule has 0 amide bonds. The highest BCUT2D eigenvalue weighted by molar-refractivity contribution is 7.14. The molecule has 1 N–H and O–H groups in total. The van der Waals surface area contributed by atoms with Crippen molar-refractivity contribution in [3.8, 4) is 22.8 Å². The number of rotatable bonds is 8. The third kappa shape index (κ3) is 5.49. The van der Waals surface area contributed by atoms with Crippen LogP contribution in [0.3, 0.4) is 0 Å². The van der Waals surface area contributed by atoms with Crippen molar-refractivity contribution in [3.05, 3.63) is 94.9 Å². The Morgan fingerprint density at radius 1 is 1.03 bits per heavy atom. The van der Waals surface area contributed by atoms with E-state index in [-0.39, 0.29) is 0 Å². The average Bonchev–Trinajstić information content (AvgIpc) is 3.28. The number of hydrazone groups is 1. The molecule has 0 atom stereocenters. The van der Waals surface area contributed by atoms with Crippen molar-refractivity contribution in [2.24, 2.45) is 5.10 Å². The summed E-state index contributed by atoms with van der Waals surface area (Å²) in [7, 11) is 1.66. The molecule has 0 spiro atoms. The largest absolute Gasteiger partial charge is 0.496 e. The van der Waals surface area contributed by atoms with Gasteiger partial charge in [-0.25, -0.2) is 4.98 Å². The van der Waals surface area contributed by atoms with Gasteiger partial charge in [-0.15, -0.1) is 11.3 Å². The first-order valence-corrected chi connectivity index (χ1v) is 10.8. The highest BCUT2D eigenvalue weighted by atomic mass is 32.1. The molecule has 31 heavy (non-hydrogen) atoms. The second kappa shape index (κ2) is 9.91. The fourth-order valence-corrected chi connectivity index (χ4v) is 3.68. The third-order valence-electron chi connectivity index (χ3n) is 4.67. The minimum absolute atomic E-state index is 0.411. The first-order chi connectivity index (χ1) is 15.2. The third-order valence-corrected chi connectivity index (χ3v) is 5.41. The molecule has 0 unspecified atom stereocenters. The number of hydrogen-bond acceptors (Lipinski definition) is 6. The predicted octanol–water partition coefficient (Wildman–Crippen LogP) is 6.15. The molecular weight excluding hydrogens is 406 g/mol. The van der Waals surface area contributed by atoms with E-state index in [4.69, 9.17) is 9.47 Å². The first kappa shape index (κ1) is 20.6. The van der Waals surface area contributed by atoms with Gasteiger partial charge in [0.2, 0.25) is 5.13 Å². The van der Waals surface area contributed by atoms with Gasteiger partial charge < -0.3 is 9.47 Å². The van der Waals surface area contributed by atoms with E-state index in [0.29, 0.717) is 6.61 Å². The van der Waals surface area contributed by atoms with Gasteiger partial charge in [0.1, 0.15) is 18.1 Å². The van der Waals surface area contributed by atoms with Crippen molar-refractivity contribution >= 4 is 22.7 Å². The average molecular weight is 430 g/mol. The molecule has 3 aromatic carbocycles. The Morgan fingerprint density at radius 2 is 1.84 bits per heavy atom. The number of thiazole rings is 1. The zero-order valence-corrected chi connectivity index (χ0v) is 18.2. The minimum atomic E-state index is 0.411. The van der Waals surface area contributed by atoms with E-state index in [1.807, 2.05) is 78.2 Å². The van der Waals surface area contributed by atoms with E-state index < -0.39 is 0 Å². The van der Waals surface area contributed by atoms with E-state index >= 15 is 0 Å². The second-order valence-electron chi connectivity index (χ2n) is 6.95. The molecule has 0 aliphatic heterocycles.